The topological polar surface area (TPSA) is 13.7 Å². The second kappa shape index (κ2) is 6.46. The fourth-order valence-electron chi connectivity index (χ4n) is 2.22. The van der Waals surface area contributed by atoms with Crippen LogP contribution in [0.25, 0.3) is 0 Å². The first kappa shape index (κ1) is 13.7. The van der Waals surface area contributed by atoms with Crippen LogP contribution in [0.1, 0.15) is 12.8 Å². The minimum atomic E-state index is 0.526. The van der Waals surface area contributed by atoms with E-state index < -0.39 is 0 Å². The molecule has 1 aliphatic rings. The summed E-state index contributed by atoms with van der Waals surface area (Å²) in [5.74, 6) is 0.751. The van der Waals surface area contributed by atoms with Crippen molar-refractivity contribution in [1.82, 2.24) is 0 Å². The Hall–Kier alpha value is -0.700. The van der Waals surface area contributed by atoms with E-state index in [1.165, 1.54) is 19.4 Å². The lowest BCUT2D eigenvalue weighted by atomic mass is 10.2. The van der Waals surface area contributed by atoms with Gasteiger partial charge in [0.15, 0.2) is 0 Å². The standard InChI is InChI=1S/C14H17Cl2NO/c1-17-8-2-4-11(17)5-3-9-18-12-6-7-13(15)14(16)10-12/h3,5-7,10-11H,2,4,8-9H2,1H3/p+1/b5-3+/t11-/m1/s1. The Morgan fingerprint density at radius 1 is 1.39 bits per heavy atom. The molecule has 2 rings (SSSR count). The average molecular weight is 287 g/mol. The second-order valence-electron chi connectivity index (χ2n) is 4.66. The summed E-state index contributed by atoms with van der Waals surface area (Å²) in [5, 5.41) is 1.08. The quantitative estimate of drug-likeness (QED) is 0.840. The number of rotatable bonds is 4. The van der Waals surface area contributed by atoms with Crippen LogP contribution in [0.5, 0.6) is 5.75 Å². The molecule has 2 atom stereocenters. The SMILES string of the molecule is C[NH+]1CCC[C@@H]1/C=C/COc1ccc(Cl)c(Cl)c1. The number of benzene rings is 1. The Labute approximate surface area is 118 Å². The fraction of sp³-hybridized carbons (Fsp3) is 0.429. The molecule has 0 aliphatic carbocycles. The number of likely N-dealkylation sites (N-methyl/N-ethyl adjacent to an activating group) is 1. The highest BCUT2D eigenvalue weighted by Crippen LogP contribution is 2.26. The number of nitrogens with one attached hydrogen (secondary N) is 1. The van der Waals surface area contributed by atoms with Crippen molar-refractivity contribution in [3.05, 3.63) is 40.4 Å². The van der Waals surface area contributed by atoms with E-state index in [0.717, 1.165) is 5.75 Å². The largest absolute Gasteiger partial charge is 0.489 e. The molecule has 18 heavy (non-hydrogen) atoms. The molecule has 1 heterocycles. The predicted octanol–water partition coefficient (Wildman–Crippen LogP) is 2.61. The molecule has 0 bridgehead atoms. The molecule has 4 heteroatoms. The van der Waals surface area contributed by atoms with Crippen LogP contribution < -0.4 is 9.64 Å². The second-order valence-corrected chi connectivity index (χ2v) is 5.47. The summed E-state index contributed by atoms with van der Waals surface area (Å²) in [6.45, 7) is 1.84. The smallest absolute Gasteiger partial charge is 0.121 e. The molecule has 1 fully saturated rings. The Bertz CT molecular complexity index is 434. The monoisotopic (exact) mass is 286 g/mol. The first-order valence-corrected chi connectivity index (χ1v) is 6.99. The minimum absolute atomic E-state index is 0.526. The van der Waals surface area contributed by atoms with Gasteiger partial charge in [0.05, 0.1) is 23.6 Å². The molecule has 1 aliphatic heterocycles. The Morgan fingerprint density at radius 3 is 2.89 bits per heavy atom. The molecule has 1 saturated heterocycles. The van der Waals surface area contributed by atoms with E-state index >= 15 is 0 Å². The van der Waals surface area contributed by atoms with Crippen molar-refractivity contribution in [1.29, 1.82) is 0 Å². The summed E-state index contributed by atoms with van der Waals surface area (Å²) < 4.78 is 5.60. The van der Waals surface area contributed by atoms with Crippen molar-refractivity contribution in [3.63, 3.8) is 0 Å². The van der Waals surface area contributed by atoms with E-state index in [1.807, 2.05) is 6.07 Å². The maximum absolute atomic E-state index is 5.92. The Morgan fingerprint density at radius 2 is 2.22 bits per heavy atom. The van der Waals surface area contributed by atoms with Crippen LogP contribution >= 0.6 is 23.2 Å². The van der Waals surface area contributed by atoms with Crippen molar-refractivity contribution in [3.8, 4) is 5.75 Å². The predicted molar refractivity (Wildman–Crippen MR) is 75.9 cm³/mol. The number of hydrogen-bond acceptors (Lipinski definition) is 1. The molecule has 0 radical (unpaired) electrons. The van der Waals surface area contributed by atoms with Gasteiger partial charge in [0.2, 0.25) is 0 Å². The highest BCUT2D eigenvalue weighted by atomic mass is 35.5. The zero-order valence-corrected chi connectivity index (χ0v) is 12.0. The van der Waals surface area contributed by atoms with Gasteiger partial charge in [0.25, 0.3) is 0 Å². The van der Waals surface area contributed by atoms with Crippen LogP contribution in [0.15, 0.2) is 30.4 Å². The molecule has 0 spiro atoms. The Balaban J connectivity index is 1.81. The molecule has 0 saturated carbocycles. The van der Waals surface area contributed by atoms with E-state index in [4.69, 9.17) is 27.9 Å². The third-order valence-corrected chi connectivity index (χ3v) is 4.06. The van der Waals surface area contributed by atoms with Gasteiger partial charge in [-0.3, -0.25) is 0 Å². The molecule has 1 aromatic rings. The normalized spacial score (nSPS) is 23.7. The van der Waals surface area contributed by atoms with E-state index in [0.29, 0.717) is 22.7 Å². The summed E-state index contributed by atoms with van der Waals surface area (Å²) in [6.07, 6.45) is 6.92. The highest BCUT2D eigenvalue weighted by Gasteiger charge is 2.21. The molecule has 1 aromatic carbocycles. The first-order chi connectivity index (χ1) is 8.66. The van der Waals surface area contributed by atoms with Gasteiger partial charge in [0.1, 0.15) is 18.4 Å². The van der Waals surface area contributed by atoms with Gasteiger partial charge in [-0.1, -0.05) is 23.2 Å². The highest BCUT2D eigenvalue weighted by molar-refractivity contribution is 6.42. The van der Waals surface area contributed by atoms with E-state index in [-0.39, 0.29) is 0 Å². The van der Waals surface area contributed by atoms with Gasteiger partial charge in [-0.2, -0.15) is 0 Å². The number of ether oxygens (including phenoxy) is 1. The van der Waals surface area contributed by atoms with Gasteiger partial charge in [-0.25, -0.2) is 0 Å². The third kappa shape index (κ3) is 3.64. The summed E-state index contributed by atoms with van der Waals surface area (Å²) >= 11 is 11.8. The molecule has 1 unspecified atom stereocenters. The van der Waals surface area contributed by atoms with E-state index in [2.05, 4.69) is 19.2 Å². The molecular formula is C14H18Cl2NO+. The first-order valence-electron chi connectivity index (χ1n) is 6.23. The van der Waals surface area contributed by atoms with Crippen LogP contribution in [0, 0.1) is 0 Å². The van der Waals surface area contributed by atoms with E-state index in [9.17, 15) is 0 Å². The van der Waals surface area contributed by atoms with Crippen LogP contribution in [-0.4, -0.2) is 26.2 Å². The molecular weight excluding hydrogens is 269 g/mol. The minimum Gasteiger partial charge on any atom is -0.489 e. The zero-order valence-electron chi connectivity index (χ0n) is 10.5. The molecule has 0 amide bonds. The number of hydrogen-bond donors (Lipinski definition) is 1. The Kier molecular flexibility index (Phi) is 4.93. The van der Waals surface area contributed by atoms with Gasteiger partial charge in [-0.05, 0) is 24.3 Å². The summed E-state index contributed by atoms with van der Waals surface area (Å²) in [4.78, 5) is 1.58. The van der Waals surface area contributed by atoms with Crippen molar-refractivity contribution in [2.75, 3.05) is 20.2 Å². The van der Waals surface area contributed by atoms with E-state index in [1.54, 1.807) is 17.0 Å². The maximum Gasteiger partial charge on any atom is 0.121 e. The summed E-state index contributed by atoms with van der Waals surface area (Å²) in [5.41, 5.74) is 0. The molecule has 0 aromatic heterocycles. The average Bonchev–Trinajstić information content (AvgIpc) is 2.75. The molecule has 98 valence electrons. The van der Waals surface area contributed by atoms with Crippen molar-refractivity contribution < 1.29 is 9.64 Å². The van der Waals surface area contributed by atoms with Gasteiger partial charge < -0.3 is 9.64 Å². The lowest BCUT2D eigenvalue weighted by Crippen LogP contribution is -3.10. The lowest BCUT2D eigenvalue weighted by Gasteiger charge is -2.12. The maximum atomic E-state index is 5.92. The molecule has 2 nitrogen and oxygen atoms in total. The zero-order chi connectivity index (χ0) is 13.0. The van der Waals surface area contributed by atoms with Gasteiger partial charge >= 0.3 is 0 Å². The lowest BCUT2D eigenvalue weighted by molar-refractivity contribution is -0.885. The van der Waals surface area contributed by atoms with Gasteiger partial charge in [-0.15, -0.1) is 0 Å². The number of halogens is 2. The van der Waals surface area contributed by atoms with Crippen molar-refractivity contribution in [2.45, 2.75) is 18.9 Å². The fourth-order valence-corrected chi connectivity index (χ4v) is 2.51. The number of quaternary nitrogens is 1. The molecule has 1 N–H and O–H groups in total. The summed E-state index contributed by atoms with van der Waals surface area (Å²) in [7, 11) is 2.24. The van der Waals surface area contributed by atoms with Crippen LogP contribution in [-0.2, 0) is 0 Å². The van der Waals surface area contributed by atoms with Crippen molar-refractivity contribution in [2.24, 2.45) is 0 Å². The van der Waals surface area contributed by atoms with Crippen LogP contribution in [0.2, 0.25) is 10.0 Å². The summed E-state index contributed by atoms with van der Waals surface area (Å²) in [6, 6.07) is 5.96. The van der Waals surface area contributed by atoms with Crippen LogP contribution in [0.4, 0.5) is 0 Å². The van der Waals surface area contributed by atoms with Gasteiger partial charge in [0, 0.05) is 18.9 Å². The van der Waals surface area contributed by atoms with Crippen molar-refractivity contribution >= 4 is 23.2 Å². The third-order valence-electron chi connectivity index (χ3n) is 3.32. The number of likely N-dealkylation sites (tertiary alicyclic amines) is 1. The van der Waals surface area contributed by atoms with Crippen LogP contribution in [0.3, 0.4) is 0 Å².